The quantitative estimate of drug-likeness (QED) is 0.566. The van der Waals surface area contributed by atoms with E-state index in [-0.39, 0.29) is 12.5 Å². The Morgan fingerprint density at radius 2 is 1.70 bits per heavy atom. The lowest BCUT2D eigenvalue weighted by molar-refractivity contribution is -0.121. The first-order valence-corrected chi connectivity index (χ1v) is 6.51. The topological polar surface area (TPSA) is 78.5 Å². The van der Waals surface area contributed by atoms with Crippen LogP contribution in [0.1, 0.15) is 27.1 Å². The molecule has 3 amide bonds. The number of amides is 3. The van der Waals surface area contributed by atoms with Crippen molar-refractivity contribution in [2.75, 3.05) is 26.7 Å². The van der Waals surface area contributed by atoms with Crippen LogP contribution in [0.5, 0.6) is 0 Å². The first kappa shape index (κ1) is 14.2. The third-order valence-electron chi connectivity index (χ3n) is 3.11. The second-order valence-electron chi connectivity index (χ2n) is 4.55. The molecular formula is C14H17N3O3. The fourth-order valence-corrected chi connectivity index (χ4v) is 2.08. The van der Waals surface area contributed by atoms with Crippen molar-refractivity contribution < 1.29 is 14.4 Å². The number of nitrogens with one attached hydrogen (secondary N) is 2. The van der Waals surface area contributed by atoms with Crippen LogP contribution in [0.3, 0.4) is 0 Å². The van der Waals surface area contributed by atoms with Crippen molar-refractivity contribution in [2.45, 2.75) is 6.42 Å². The molecular weight excluding hydrogens is 258 g/mol. The summed E-state index contributed by atoms with van der Waals surface area (Å²) < 4.78 is 0. The van der Waals surface area contributed by atoms with Gasteiger partial charge in [0.25, 0.3) is 11.8 Å². The van der Waals surface area contributed by atoms with Gasteiger partial charge in [-0.3, -0.25) is 19.3 Å². The van der Waals surface area contributed by atoms with Gasteiger partial charge in [0, 0.05) is 6.54 Å². The Morgan fingerprint density at radius 1 is 1.10 bits per heavy atom. The van der Waals surface area contributed by atoms with Gasteiger partial charge in [-0.2, -0.15) is 0 Å². The third-order valence-corrected chi connectivity index (χ3v) is 3.11. The second-order valence-corrected chi connectivity index (χ2v) is 4.55. The average molecular weight is 275 g/mol. The molecule has 1 heterocycles. The first-order chi connectivity index (χ1) is 9.65. The van der Waals surface area contributed by atoms with Crippen molar-refractivity contribution in [1.29, 1.82) is 0 Å². The molecule has 0 fully saturated rings. The summed E-state index contributed by atoms with van der Waals surface area (Å²) in [6.45, 7) is 1.09. The van der Waals surface area contributed by atoms with Crippen molar-refractivity contribution in [1.82, 2.24) is 15.5 Å². The summed E-state index contributed by atoms with van der Waals surface area (Å²) in [6.07, 6.45) is 0.796. The monoisotopic (exact) mass is 275 g/mol. The molecule has 1 aromatic carbocycles. The molecule has 0 unspecified atom stereocenters. The molecule has 106 valence electrons. The van der Waals surface area contributed by atoms with E-state index >= 15 is 0 Å². The minimum absolute atomic E-state index is 0.230. The summed E-state index contributed by atoms with van der Waals surface area (Å²) in [7, 11) is 1.83. The SMILES string of the molecule is CNCCCNC(=O)CN1C(=O)c2ccccc2C1=O. The summed E-state index contributed by atoms with van der Waals surface area (Å²) in [5.74, 6) is -1.14. The Morgan fingerprint density at radius 3 is 2.25 bits per heavy atom. The van der Waals surface area contributed by atoms with E-state index in [1.165, 1.54) is 0 Å². The summed E-state index contributed by atoms with van der Waals surface area (Å²) in [6, 6.07) is 6.59. The Labute approximate surface area is 117 Å². The molecule has 0 aliphatic carbocycles. The molecule has 20 heavy (non-hydrogen) atoms. The van der Waals surface area contributed by atoms with Crippen LogP contribution in [0, 0.1) is 0 Å². The lowest BCUT2D eigenvalue weighted by atomic mass is 10.1. The maximum Gasteiger partial charge on any atom is 0.262 e. The Bertz CT molecular complexity index is 507. The third kappa shape index (κ3) is 2.85. The first-order valence-electron chi connectivity index (χ1n) is 6.51. The van der Waals surface area contributed by atoms with Gasteiger partial charge >= 0.3 is 0 Å². The fraction of sp³-hybridized carbons (Fsp3) is 0.357. The molecule has 1 aliphatic rings. The Kier molecular flexibility index (Phi) is 4.47. The van der Waals surface area contributed by atoms with E-state index in [1.54, 1.807) is 24.3 Å². The van der Waals surface area contributed by atoms with E-state index in [1.807, 2.05) is 7.05 Å². The van der Waals surface area contributed by atoms with Gasteiger partial charge in [0.15, 0.2) is 0 Å². The van der Waals surface area contributed by atoms with Gasteiger partial charge in [-0.1, -0.05) is 12.1 Å². The van der Waals surface area contributed by atoms with Crippen LogP contribution in [0.2, 0.25) is 0 Å². The molecule has 6 nitrogen and oxygen atoms in total. The van der Waals surface area contributed by atoms with Crippen LogP contribution in [-0.4, -0.2) is 49.3 Å². The number of benzene rings is 1. The molecule has 0 atom stereocenters. The summed E-state index contributed by atoms with van der Waals surface area (Å²) in [5, 5.41) is 5.66. The predicted octanol–water partition coefficient (Wildman–Crippen LogP) is 0.00830. The molecule has 1 aromatic rings. The molecule has 0 aromatic heterocycles. The van der Waals surface area contributed by atoms with E-state index in [2.05, 4.69) is 10.6 Å². The number of carbonyl (C=O) groups is 3. The number of rotatable bonds is 6. The van der Waals surface area contributed by atoms with Crippen LogP contribution in [0.15, 0.2) is 24.3 Å². The largest absolute Gasteiger partial charge is 0.354 e. The highest BCUT2D eigenvalue weighted by molar-refractivity contribution is 6.22. The minimum Gasteiger partial charge on any atom is -0.354 e. The normalized spacial score (nSPS) is 13.6. The zero-order chi connectivity index (χ0) is 14.5. The van der Waals surface area contributed by atoms with Gasteiger partial charge in [-0.05, 0) is 32.1 Å². The average Bonchev–Trinajstić information content (AvgIpc) is 2.69. The standard InChI is InChI=1S/C14H17N3O3/c1-15-7-4-8-16-12(18)9-17-13(19)10-5-2-3-6-11(10)14(17)20/h2-3,5-6,15H,4,7-9H2,1H3,(H,16,18). The Balaban J connectivity index is 1.93. The van der Waals surface area contributed by atoms with Crippen molar-refractivity contribution in [3.63, 3.8) is 0 Å². The highest BCUT2D eigenvalue weighted by Gasteiger charge is 2.35. The van der Waals surface area contributed by atoms with Crippen molar-refractivity contribution in [3.8, 4) is 0 Å². The van der Waals surface area contributed by atoms with Crippen LogP contribution >= 0.6 is 0 Å². The van der Waals surface area contributed by atoms with Gasteiger partial charge in [0.05, 0.1) is 11.1 Å². The lowest BCUT2D eigenvalue weighted by Gasteiger charge is -2.13. The summed E-state index contributed by atoms with van der Waals surface area (Å²) in [4.78, 5) is 36.8. The molecule has 2 rings (SSSR count). The molecule has 0 spiro atoms. The Hall–Kier alpha value is -2.21. The van der Waals surface area contributed by atoms with Crippen LogP contribution in [0.25, 0.3) is 0 Å². The number of carbonyl (C=O) groups excluding carboxylic acids is 3. The van der Waals surface area contributed by atoms with Gasteiger partial charge in [-0.25, -0.2) is 0 Å². The van der Waals surface area contributed by atoms with Crippen molar-refractivity contribution >= 4 is 17.7 Å². The summed E-state index contributed by atoms with van der Waals surface area (Å²) in [5.41, 5.74) is 0.723. The van der Waals surface area contributed by atoms with E-state index in [0.29, 0.717) is 17.7 Å². The molecule has 0 radical (unpaired) electrons. The molecule has 0 saturated carbocycles. The maximum atomic E-state index is 12.0. The second kappa shape index (κ2) is 6.29. The zero-order valence-corrected chi connectivity index (χ0v) is 11.3. The maximum absolute atomic E-state index is 12.0. The van der Waals surface area contributed by atoms with Gasteiger partial charge in [0.2, 0.25) is 5.91 Å². The number of fused-ring (bicyclic) bond motifs is 1. The van der Waals surface area contributed by atoms with Crippen LogP contribution in [-0.2, 0) is 4.79 Å². The number of hydrogen-bond donors (Lipinski definition) is 2. The summed E-state index contributed by atoms with van der Waals surface area (Å²) >= 11 is 0. The van der Waals surface area contributed by atoms with E-state index in [0.717, 1.165) is 17.9 Å². The predicted molar refractivity (Wildman–Crippen MR) is 73.4 cm³/mol. The molecule has 6 heteroatoms. The zero-order valence-electron chi connectivity index (χ0n) is 11.3. The van der Waals surface area contributed by atoms with Crippen LogP contribution in [0.4, 0.5) is 0 Å². The van der Waals surface area contributed by atoms with E-state index < -0.39 is 11.8 Å². The highest BCUT2D eigenvalue weighted by atomic mass is 16.2. The molecule has 2 N–H and O–H groups in total. The minimum atomic E-state index is -0.407. The van der Waals surface area contributed by atoms with E-state index in [4.69, 9.17) is 0 Å². The molecule has 1 aliphatic heterocycles. The van der Waals surface area contributed by atoms with Crippen molar-refractivity contribution in [3.05, 3.63) is 35.4 Å². The van der Waals surface area contributed by atoms with Gasteiger partial charge in [-0.15, -0.1) is 0 Å². The van der Waals surface area contributed by atoms with Crippen molar-refractivity contribution in [2.24, 2.45) is 0 Å². The van der Waals surface area contributed by atoms with Gasteiger partial charge in [0.1, 0.15) is 6.54 Å². The number of nitrogens with zero attached hydrogens (tertiary/aromatic N) is 1. The van der Waals surface area contributed by atoms with Crippen LogP contribution < -0.4 is 10.6 Å². The number of imide groups is 1. The smallest absolute Gasteiger partial charge is 0.262 e. The molecule has 0 saturated heterocycles. The van der Waals surface area contributed by atoms with E-state index in [9.17, 15) is 14.4 Å². The van der Waals surface area contributed by atoms with Gasteiger partial charge < -0.3 is 10.6 Å². The number of hydrogen-bond acceptors (Lipinski definition) is 4. The highest BCUT2D eigenvalue weighted by Crippen LogP contribution is 2.21. The lowest BCUT2D eigenvalue weighted by Crippen LogP contribution is -2.40. The fourth-order valence-electron chi connectivity index (χ4n) is 2.08. The molecule has 0 bridgehead atoms.